The van der Waals surface area contributed by atoms with Crippen molar-refractivity contribution in [1.29, 1.82) is 0 Å². The van der Waals surface area contributed by atoms with Crippen LogP contribution in [-0.4, -0.2) is 42.0 Å². The maximum absolute atomic E-state index is 11.9. The zero-order valence-electron chi connectivity index (χ0n) is 10.9. The van der Waals surface area contributed by atoms with Gasteiger partial charge in [-0.1, -0.05) is 12.2 Å². The van der Waals surface area contributed by atoms with Crippen LogP contribution in [-0.2, 0) is 14.3 Å². The van der Waals surface area contributed by atoms with Crippen molar-refractivity contribution in [3.63, 3.8) is 0 Å². The Bertz CT molecular complexity index is 419. The predicted octanol–water partition coefficient (Wildman–Crippen LogP) is 0.826. The molecule has 0 spiro atoms. The smallest absolute Gasteiger partial charge is 0.324 e. The van der Waals surface area contributed by atoms with Crippen molar-refractivity contribution in [3.8, 4) is 0 Å². The van der Waals surface area contributed by atoms with Gasteiger partial charge in [0.05, 0.1) is 5.92 Å². The second-order valence-electron chi connectivity index (χ2n) is 4.78. The van der Waals surface area contributed by atoms with Crippen LogP contribution in [0.4, 0.5) is 4.79 Å². The molecule has 0 saturated carbocycles. The number of allylic oxidation sites excluding steroid dienone is 2. The van der Waals surface area contributed by atoms with Crippen molar-refractivity contribution in [2.75, 3.05) is 13.1 Å². The summed E-state index contributed by atoms with van der Waals surface area (Å²) in [6, 6.07) is -0.423. The molecular weight excluding hydrogens is 248 g/mol. The van der Waals surface area contributed by atoms with E-state index in [1.807, 2.05) is 12.2 Å². The first-order chi connectivity index (χ1) is 9.09. The van der Waals surface area contributed by atoms with Gasteiger partial charge in [-0.2, -0.15) is 0 Å². The Morgan fingerprint density at radius 3 is 2.84 bits per heavy atom. The summed E-state index contributed by atoms with van der Waals surface area (Å²) >= 11 is 0. The lowest BCUT2D eigenvalue weighted by molar-refractivity contribution is -0.161. The lowest BCUT2D eigenvalue weighted by atomic mass is 9.95. The highest BCUT2D eigenvalue weighted by Gasteiger charge is 2.32. The molecule has 0 unspecified atom stereocenters. The van der Waals surface area contributed by atoms with Crippen LogP contribution in [0.3, 0.4) is 0 Å². The summed E-state index contributed by atoms with van der Waals surface area (Å²) in [5.41, 5.74) is 0. The molecule has 6 heteroatoms. The van der Waals surface area contributed by atoms with Gasteiger partial charge in [0.25, 0.3) is 5.91 Å². The van der Waals surface area contributed by atoms with Crippen molar-refractivity contribution < 1.29 is 19.1 Å². The summed E-state index contributed by atoms with van der Waals surface area (Å²) in [4.78, 5) is 36.3. The third kappa shape index (κ3) is 3.13. The Hall–Kier alpha value is -1.85. The van der Waals surface area contributed by atoms with Gasteiger partial charge in [0.2, 0.25) is 0 Å². The average molecular weight is 266 g/mol. The molecule has 104 valence electrons. The third-order valence-corrected chi connectivity index (χ3v) is 3.37. The zero-order chi connectivity index (χ0) is 13.8. The number of ether oxygens (including phenoxy) is 1. The largest absolute Gasteiger partial charge is 0.452 e. The highest BCUT2D eigenvalue weighted by Crippen LogP contribution is 2.20. The van der Waals surface area contributed by atoms with E-state index in [1.165, 1.54) is 6.92 Å². The van der Waals surface area contributed by atoms with Crippen LogP contribution >= 0.6 is 0 Å². The number of hydrogen-bond acceptors (Lipinski definition) is 4. The topological polar surface area (TPSA) is 75.7 Å². The zero-order valence-corrected chi connectivity index (χ0v) is 10.9. The number of esters is 1. The SMILES string of the molecule is C[C@@H](OC(=O)[C@H]1CC=CCC1)C(=O)N1CCNC1=O. The van der Waals surface area contributed by atoms with Gasteiger partial charge in [0.1, 0.15) is 0 Å². The first-order valence-corrected chi connectivity index (χ1v) is 6.54. The fraction of sp³-hybridized carbons (Fsp3) is 0.615. The van der Waals surface area contributed by atoms with E-state index in [9.17, 15) is 14.4 Å². The Labute approximate surface area is 111 Å². The first-order valence-electron chi connectivity index (χ1n) is 6.54. The lowest BCUT2D eigenvalue weighted by Gasteiger charge is -2.21. The molecule has 0 radical (unpaired) electrons. The van der Waals surface area contributed by atoms with E-state index in [0.29, 0.717) is 19.5 Å². The first kappa shape index (κ1) is 13.6. The van der Waals surface area contributed by atoms with Gasteiger partial charge in [-0.15, -0.1) is 0 Å². The number of nitrogens with zero attached hydrogens (tertiary/aromatic N) is 1. The monoisotopic (exact) mass is 266 g/mol. The van der Waals surface area contributed by atoms with Crippen molar-refractivity contribution in [2.45, 2.75) is 32.3 Å². The summed E-state index contributed by atoms with van der Waals surface area (Å²) in [7, 11) is 0. The summed E-state index contributed by atoms with van der Waals surface area (Å²) in [5.74, 6) is -0.993. The maximum Gasteiger partial charge on any atom is 0.324 e. The van der Waals surface area contributed by atoms with Gasteiger partial charge >= 0.3 is 12.0 Å². The number of rotatable bonds is 3. The van der Waals surface area contributed by atoms with E-state index in [2.05, 4.69) is 5.32 Å². The van der Waals surface area contributed by atoms with Gasteiger partial charge in [0.15, 0.2) is 6.10 Å². The Kier molecular flexibility index (Phi) is 4.19. The Balaban J connectivity index is 1.87. The predicted molar refractivity (Wildman–Crippen MR) is 67.1 cm³/mol. The quantitative estimate of drug-likeness (QED) is 0.606. The van der Waals surface area contributed by atoms with Crippen molar-refractivity contribution >= 4 is 17.9 Å². The molecule has 1 fully saturated rings. The summed E-state index contributed by atoms with van der Waals surface area (Å²) < 4.78 is 5.17. The van der Waals surface area contributed by atoms with E-state index in [4.69, 9.17) is 4.74 Å². The van der Waals surface area contributed by atoms with Gasteiger partial charge in [-0.3, -0.25) is 14.5 Å². The molecular formula is C13H18N2O4. The van der Waals surface area contributed by atoms with E-state index in [-0.39, 0.29) is 11.9 Å². The molecule has 1 aliphatic carbocycles. The number of urea groups is 1. The molecule has 1 N–H and O–H groups in total. The maximum atomic E-state index is 11.9. The van der Waals surface area contributed by atoms with E-state index >= 15 is 0 Å². The fourth-order valence-corrected chi connectivity index (χ4v) is 2.23. The molecule has 1 aliphatic heterocycles. The van der Waals surface area contributed by atoms with Crippen LogP contribution in [0.5, 0.6) is 0 Å². The second-order valence-corrected chi connectivity index (χ2v) is 4.78. The number of nitrogens with one attached hydrogen (secondary N) is 1. The van der Waals surface area contributed by atoms with Gasteiger partial charge in [0, 0.05) is 13.1 Å². The molecule has 0 bridgehead atoms. The minimum absolute atomic E-state index is 0.173. The fourth-order valence-electron chi connectivity index (χ4n) is 2.23. The van der Waals surface area contributed by atoms with Crippen LogP contribution in [0.15, 0.2) is 12.2 Å². The highest BCUT2D eigenvalue weighted by molar-refractivity contribution is 5.98. The van der Waals surface area contributed by atoms with E-state index < -0.39 is 18.0 Å². The molecule has 2 atom stereocenters. The molecule has 1 heterocycles. The van der Waals surface area contributed by atoms with Crippen LogP contribution in [0.2, 0.25) is 0 Å². The number of carbonyl (C=O) groups excluding carboxylic acids is 3. The standard InChI is InChI=1S/C13H18N2O4/c1-9(11(16)15-8-7-14-13(15)18)19-12(17)10-5-3-2-4-6-10/h2-3,9-10H,4-8H2,1H3,(H,14,18)/t9-,10+/m1/s1. The Morgan fingerprint density at radius 1 is 1.47 bits per heavy atom. The number of amides is 3. The number of hydrogen-bond donors (Lipinski definition) is 1. The minimum atomic E-state index is -0.915. The van der Waals surface area contributed by atoms with Crippen molar-refractivity contribution in [3.05, 3.63) is 12.2 Å². The van der Waals surface area contributed by atoms with Gasteiger partial charge < -0.3 is 10.1 Å². The molecule has 0 aromatic rings. The highest BCUT2D eigenvalue weighted by atomic mass is 16.5. The summed E-state index contributed by atoms with van der Waals surface area (Å²) in [5, 5.41) is 2.54. The van der Waals surface area contributed by atoms with Gasteiger partial charge in [-0.25, -0.2) is 4.79 Å². The molecule has 6 nitrogen and oxygen atoms in total. The average Bonchev–Trinajstić information content (AvgIpc) is 2.85. The van der Waals surface area contributed by atoms with Crippen molar-refractivity contribution in [2.24, 2.45) is 5.92 Å². The summed E-state index contributed by atoms with van der Waals surface area (Å²) in [6.45, 7) is 2.27. The minimum Gasteiger partial charge on any atom is -0.452 e. The molecule has 2 aliphatic rings. The second kappa shape index (κ2) is 5.86. The molecule has 0 aromatic heterocycles. The molecule has 1 saturated heterocycles. The molecule has 2 rings (SSSR count). The van der Waals surface area contributed by atoms with Crippen molar-refractivity contribution in [1.82, 2.24) is 10.2 Å². The number of imide groups is 1. The number of carbonyl (C=O) groups is 3. The van der Waals surface area contributed by atoms with Gasteiger partial charge in [-0.05, 0) is 26.2 Å². The van der Waals surface area contributed by atoms with E-state index in [1.54, 1.807) is 0 Å². The van der Waals surface area contributed by atoms with E-state index in [0.717, 1.165) is 17.7 Å². The molecule has 3 amide bonds. The molecule has 19 heavy (non-hydrogen) atoms. The molecule has 0 aromatic carbocycles. The lowest BCUT2D eigenvalue weighted by Crippen LogP contribution is -2.42. The van der Waals surface area contributed by atoms with Crippen LogP contribution < -0.4 is 5.32 Å². The van der Waals surface area contributed by atoms with Crippen LogP contribution in [0.25, 0.3) is 0 Å². The third-order valence-electron chi connectivity index (χ3n) is 3.37. The summed E-state index contributed by atoms with van der Waals surface area (Å²) in [6.07, 6.45) is 5.34. The normalized spacial score (nSPS) is 23.9. The Morgan fingerprint density at radius 2 is 2.26 bits per heavy atom. The van der Waals surface area contributed by atoms with Crippen LogP contribution in [0, 0.1) is 5.92 Å². The van der Waals surface area contributed by atoms with Crippen LogP contribution in [0.1, 0.15) is 26.2 Å².